The minimum atomic E-state index is -0.432. The summed E-state index contributed by atoms with van der Waals surface area (Å²) in [5, 5.41) is 8.55. The number of H-pyrrole nitrogens is 1. The molecule has 0 aliphatic carbocycles. The number of nitrogens with two attached hydrogens (primary N) is 2. The first-order valence-electron chi connectivity index (χ1n) is 8.24. The Hall–Kier alpha value is -3.03. The molecule has 0 radical (unpaired) electrons. The number of carbonyl (C=O) groups is 1. The molecule has 2 aromatic carbocycles. The van der Waals surface area contributed by atoms with E-state index in [2.05, 4.69) is 4.98 Å². The second kappa shape index (κ2) is 7.69. The maximum Gasteiger partial charge on any atom is 0.276 e. The fourth-order valence-corrected chi connectivity index (χ4v) is 2.83. The normalized spacial score (nSPS) is 10.8. The highest BCUT2D eigenvalue weighted by Gasteiger charge is 2.19. The van der Waals surface area contributed by atoms with Gasteiger partial charge in [-0.05, 0) is 29.3 Å². The number of fused-ring (bicyclic) bond motifs is 1. The molecule has 0 spiro atoms. The molecule has 7 nitrogen and oxygen atoms in total. The molecule has 8 heteroatoms. The fourth-order valence-electron chi connectivity index (χ4n) is 2.62. The Morgan fingerprint density at radius 1 is 1.22 bits per heavy atom. The van der Waals surface area contributed by atoms with Crippen LogP contribution in [0.2, 0.25) is 5.02 Å². The summed E-state index contributed by atoms with van der Waals surface area (Å²) < 4.78 is 5.92. The largest absolute Gasteiger partial charge is 0.487 e. The molecule has 1 amide bonds. The van der Waals surface area contributed by atoms with Crippen LogP contribution in [0.5, 0.6) is 5.75 Å². The summed E-state index contributed by atoms with van der Waals surface area (Å²) in [7, 11) is 1.43. The van der Waals surface area contributed by atoms with Crippen LogP contribution in [0.25, 0.3) is 10.9 Å². The van der Waals surface area contributed by atoms with Crippen LogP contribution in [-0.2, 0) is 13.2 Å². The van der Waals surface area contributed by atoms with Crippen LogP contribution in [0, 0.1) is 5.41 Å². The summed E-state index contributed by atoms with van der Waals surface area (Å²) in [6.45, 7) is 0.851. The van der Waals surface area contributed by atoms with Crippen LogP contribution in [0.4, 0.5) is 0 Å². The minimum absolute atomic E-state index is 0.271. The van der Waals surface area contributed by atoms with Crippen molar-refractivity contribution in [1.29, 1.82) is 5.41 Å². The van der Waals surface area contributed by atoms with Gasteiger partial charge in [-0.1, -0.05) is 35.9 Å². The Bertz CT molecular complexity index is 997. The van der Waals surface area contributed by atoms with E-state index >= 15 is 0 Å². The zero-order chi connectivity index (χ0) is 19.6. The Kier molecular flexibility index (Phi) is 5.34. The molecule has 6 N–H and O–H groups in total. The second-order valence-electron chi connectivity index (χ2n) is 6.08. The molecule has 0 bridgehead atoms. The van der Waals surface area contributed by atoms with E-state index in [1.807, 2.05) is 24.3 Å². The molecular weight excluding hydrogens is 366 g/mol. The number of halogens is 1. The number of guanidine groups is 1. The smallest absolute Gasteiger partial charge is 0.276 e. The zero-order valence-corrected chi connectivity index (χ0v) is 15.5. The number of hydrogen-bond acceptors (Lipinski definition) is 4. The van der Waals surface area contributed by atoms with Crippen LogP contribution in [0.1, 0.15) is 21.6 Å². The molecule has 3 aromatic rings. The van der Waals surface area contributed by atoms with E-state index < -0.39 is 5.91 Å². The van der Waals surface area contributed by atoms with E-state index in [9.17, 15) is 4.79 Å². The highest BCUT2D eigenvalue weighted by Crippen LogP contribution is 2.32. The van der Waals surface area contributed by atoms with Crippen LogP contribution >= 0.6 is 11.6 Å². The summed E-state index contributed by atoms with van der Waals surface area (Å²) in [6.07, 6.45) is 0. The number of ether oxygens (including phenoxy) is 1. The number of rotatable bonds is 5. The molecule has 0 aliphatic heterocycles. The first-order chi connectivity index (χ1) is 12.9. The van der Waals surface area contributed by atoms with Crippen molar-refractivity contribution < 1.29 is 9.53 Å². The molecule has 0 saturated heterocycles. The predicted molar refractivity (Wildman–Crippen MR) is 106 cm³/mol. The number of nitrogens with zero attached hydrogens (tertiary/aromatic N) is 1. The molecule has 1 heterocycles. The van der Waals surface area contributed by atoms with Crippen molar-refractivity contribution in [2.45, 2.75) is 13.2 Å². The van der Waals surface area contributed by atoms with Crippen molar-refractivity contribution in [3.63, 3.8) is 0 Å². The van der Waals surface area contributed by atoms with Crippen LogP contribution in [0.15, 0.2) is 42.5 Å². The molecule has 1 aromatic heterocycles. The predicted octanol–water partition coefficient (Wildman–Crippen LogP) is 2.82. The van der Waals surface area contributed by atoms with Gasteiger partial charge in [-0.3, -0.25) is 15.1 Å². The zero-order valence-electron chi connectivity index (χ0n) is 14.8. The summed E-state index contributed by atoms with van der Waals surface area (Å²) in [4.78, 5) is 16.5. The first-order valence-corrected chi connectivity index (χ1v) is 8.62. The summed E-state index contributed by atoms with van der Waals surface area (Å²) >= 11 is 6.26. The van der Waals surface area contributed by atoms with Gasteiger partial charge in [0.25, 0.3) is 5.91 Å². The molecule has 27 heavy (non-hydrogen) atoms. The SMILES string of the molecule is CN(C(=N)N)C(=O)c1cc2c(Cl)ccc(OCc3ccc(CN)cc3)c2[nH]1. The standard InChI is InChI=1S/C19H20ClN5O2/c1-25(19(22)23)18(26)15-8-13-14(20)6-7-16(17(13)24-15)27-10-12-4-2-11(9-21)3-5-12/h2-8,24H,9-10,21H2,1H3,(H3,22,23). The van der Waals surface area contributed by atoms with Gasteiger partial charge in [0.15, 0.2) is 5.96 Å². The average Bonchev–Trinajstić information content (AvgIpc) is 3.13. The molecule has 0 fully saturated rings. The highest BCUT2D eigenvalue weighted by molar-refractivity contribution is 6.35. The van der Waals surface area contributed by atoms with Gasteiger partial charge in [0, 0.05) is 19.0 Å². The van der Waals surface area contributed by atoms with Crippen LogP contribution < -0.4 is 16.2 Å². The van der Waals surface area contributed by atoms with Crippen molar-refractivity contribution in [1.82, 2.24) is 9.88 Å². The molecule has 0 unspecified atom stereocenters. The third-order valence-corrected chi connectivity index (χ3v) is 4.58. The van der Waals surface area contributed by atoms with E-state index in [1.54, 1.807) is 18.2 Å². The first kappa shape index (κ1) is 18.8. The van der Waals surface area contributed by atoms with Gasteiger partial charge in [-0.25, -0.2) is 0 Å². The Labute approximate surface area is 161 Å². The quantitative estimate of drug-likeness (QED) is 0.398. The van der Waals surface area contributed by atoms with Crippen LogP contribution in [0.3, 0.4) is 0 Å². The number of aromatic amines is 1. The van der Waals surface area contributed by atoms with E-state index in [4.69, 9.17) is 33.2 Å². The lowest BCUT2D eigenvalue weighted by molar-refractivity contribution is 0.0864. The lowest BCUT2D eigenvalue weighted by atomic mass is 10.1. The van der Waals surface area contributed by atoms with Gasteiger partial charge in [0.05, 0.1) is 10.5 Å². The van der Waals surface area contributed by atoms with Crippen LogP contribution in [-0.4, -0.2) is 28.8 Å². The maximum absolute atomic E-state index is 12.4. The van der Waals surface area contributed by atoms with E-state index in [-0.39, 0.29) is 11.7 Å². The molecule has 140 valence electrons. The van der Waals surface area contributed by atoms with Gasteiger partial charge in [-0.2, -0.15) is 0 Å². The molecule has 0 aliphatic rings. The lowest BCUT2D eigenvalue weighted by Gasteiger charge is -2.12. The van der Waals surface area contributed by atoms with Crippen molar-refractivity contribution in [3.8, 4) is 5.75 Å². The van der Waals surface area contributed by atoms with Crippen molar-refractivity contribution in [3.05, 3.63) is 64.3 Å². The van der Waals surface area contributed by atoms with E-state index in [1.165, 1.54) is 7.05 Å². The summed E-state index contributed by atoms with van der Waals surface area (Å²) in [6, 6.07) is 12.9. The van der Waals surface area contributed by atoms with Crippen molar-refractivity contribution in [2.24, 2.45) is 11.5 Å². The number of amides is 1. The highest BCUT2D eigenvalue weighted by atomic mass is 35.5. The topological polar surface area (TPSA) is 121 Å². The monoisotopic (exact) mass is 385 g/mol. The number of hydrogen-bond donors (Lipinski definition) is 4. The fraction of sp³-hybridized carbons (Fsp3) is 0.158. The van der Waals surface area contributed by atoms with Gasteiger partial charge >= 0.3 is 0 Å². The number of aromatic nitrogens is 1. The van der Waals surface area contributed by atoms with Gasteiger partial charge in [-0.15, -0.1) is 0 Å². The number of carbonyl (C=O) groups excluding carboxylic acids is 1. The third-order valence-electron chi connectivity index (χ3n) is 4.25. The Morgan fingerprint density at radius 3 is 2.52 bits per heavy atom. The minimum Gasteiger partial charge on any atom is -0.487 e. The average molecular weight is 386 g/mol. The maximum atomic E-state index is 12.4. The van der Waals surface area contributed by atoms with E-state index in [0.29, 0.717) is 34.8 Å². The Morgan fingerprint density at radius 2 is 1.89 bits per heavy atom. The second-order valence-corrected chi connectivity index (χ2v) is 6.48. The Balaban J connectivity index is 1.88. The third kappa shape index (κ3) is 3.89. The van der Waals surface area contributed by atoms with Crippen molar-refractivity contribution in [2.75, 3.05) is 7.05 Å². The van der Waals surface area contributed by atoms with Gasteiger partial charge in [0.2, 0.25) is 0 Å². The molecule has 0 saturated carbocycles. The summed E-state index contributed by atoms with van der Waals surface area (Å²) in [5.74, 6) is -0.206. The number of benzene rings is 2. The van der Waals surface area contributed by atoms with Gasteiger partial charge in [0.1, 0.15) is 18.1 Å². The summed E-state index contributed by atoms with van der Waals surface area (Å²) in [5.41, 5.74) is 13.9. The van der Waals surface area contributed by atoms with Gasteiger partial charge < -0.3 is 21.2 Å². The van der Waals surface area contributed by atoms with Crippen molar-refractivity contribution >= 4 is 34.4 Å². The van der Waals surface area contributed by atoms with E-state index in [0.717, 1.165) is 16.0 Å². The molecule has 3 rings (SSSR count). The number of nitrogens with one attached hydrogen (secondary N) is 2. The molecular formula is C19H20ClN5O2. The molecule has 0 atom stereocenters. The lowest BCUT2D eigenvalue weighted by Crippen LogP contribution is -2.38.